The first-order valence-corrected chi connectivity index (χ1v) is 11.0. The lowest BCUT2D eigenvalue weighted by Crippen LogP contribution is -2.65. The molecule has 3 nitrogen and oxygen atoms in total. The van der Waals surface area contributed by atoms with Gasteiger partial charge in [-0.05, 0) is 37.9 Å². The molecule has 0 unspecified atom stereocenters. The highest BCUT2D eigenvalue weighted by Gasteiger charge is 2.51. The summed E-state index contributed by atoms with van der Waals surface area (Å²) in [6, 6.07) is 0.449. The molecule has 0 N–H and O–H groups in total. The summed E-state index contributed by atoms with van der Waals surface area (Å²) >= 11 is 0. The molecule has 0 spiro atoms. The molecule has 0 aromatic rings. The first-order chi connectivity index (χ1) is 9.15. The van der Waals surface area contributed by atoms with Crippen LogP contribution in [0.5, 0.6) is 0 Å². The third-order valence-electron chi connectivity index (χ3n) is 5.57. The number of carbonyl (C=O) groups is 1. The van der Waals surface area contributed by atoms with E-state index >= 15 is 0 Å². The van der Waals surface area contributed by atoms with Crippen molar-refractivity contribution >= 4 is 14.2 Å². The second-order valence-corrected chi connectivity index (χ2v) is 12.8. The average molecular weight is 298 g/mol. The molecule has 2 heterocycles. The normalized spacial score (nSPS) is 29.5. The van der Waals surface area contributed by atoms with Gasteiger partial charge < -0.3 is 9.33 Å². The van der Waals surface area contributed by atoms with Gasteiger partial charge in [0, 0.05) is 12.6 Å². The zero-order chi connectivity index (χ0) is 15.1. The number of amides is 1. The fourth-order valence-corrected chi connectivity index (χ4v) is 4.71. The van der Waals surface area contributed by atoms with Crippen LogP contribution in [-0.2, 0) is 9.22 Å². The molecule has 3 atom stereocenters. The van der Waals surface area contributed by atoms with E-state index in [0.717, 1.165) is 6.54 Å². The summed E-state index contributed by atoms with van der Waals surface area (Å²) in [7, 11) is -1.78. The van der Waals surface area contributed by atoms with Gasteiger partial charge in [0.2, 0.25) is 5.91 Å². The lowest BCUT2D eigenvalue weighted by Gasteiger charge is -2.51. The third-order valence-corrected chi connectivity index (χ3v) is 10.1. The van der Waals surface area contributed by atoms with Gasteiger partial charge in [-0.25, -0.2) is 0 Å². The molecular formula is C16H31NO2Si. The molecule has 4 heteroatoms. The van der Waals surface area contributed by atoms with Crippen LogP contribution < -0.4 is 0 Å². The topological polar surface area (TPSA) is 29.5 Å². The number of hydrogen-bond acceptors (Lipinski definition) is 2. The summed E-state index contributed by atoms with van der Waals surface area (Å²) in [5.41, 5.74) is 0. The van der Waals surface area contributed by atoms with Crippen LogP contribution in [0, 0.1) is 5.92 Å². The first kappa shape index (κ1) is 16.0. The minimum atomic E-state index is -1.78. The van der Waals surface area contributed by atoms with Gasteiger partial charge in [0.25, 0.3) is 0 Å². The summed E-state index contributed by atoms with van der Waals surface area (Å²) in [5, 5.41) is 0.206. The summed E-state index contributed by atoms with van der Waals surface area (Å²) in [6.07, 6.45) is 4.94. The van der Waals surface area contributed by atoms with Crippen molar-refractivity contribution in [2.24, 2.45) is 5.92 Å². The lowest BCUT2D eigenvalue weighted by atomic mass is 9.81. The molecule has 0 aromatic heterocycles. The van der Waals surface area contributed by atoms with E-state index < -0.39 is 8.32 Å². The molecule has 2 aliphatic heterocycles. The van der Waals surface area contributed by atoms with Gasteiger partial charge in [0.05, 0.1) is 12.0 Å². The monoisotopic (exact) mass is 297 g/mol. The van der Waals surface area contributed by atoms with Gasteiger partial charge in [-0.2, -0.15) is 0 Å². The summed E-state index contributed by atoms with van der Waals surface area (Å²) in [4.78, 5) is 14.5. The minimum Gasteiger partial charge on any atom is -0.413 e. The van der Waals surface area contributed by atoms with Crippen molar-refractivity contribution in [2.45, 2.75) is 83.7 Å². The van der Waals surface area contributed by atoms with Crippen LogP contribution in [0.4, 0.5) is 0 Å². The Hall–Kier alpha value is -0.353. The SMILES string of the molecule is C[C@@H](O[Si](C)(C)C(C)(C)C)[C@H]1C(=O)N2CCCCC[C@H]12. The van der Waals surface area contributed by atoms with E-state index in [-0.39, 0.29) is 17.1 Å². The Kier molecular flexibility index (Phi) is 4.37. The van der Waals surface area contributed by atoms with Gasteiger partial charge in [0.15, 0.2) is 8.32 Å². The van der Waals surface area contributed by atoms with Crippen molar-refractivity contribution < 1.29 is 9.22 Å². The van der Waals surface area contributed by atoms with E-state index in [4.69, 9.17) is 4.43 Å². The van der Waals surface area contributed by atoms with Crippen LogP contribution in [0.15, 0.2) is 0 Å². The molecular weight excluding hydrogens is 266 g/mol. The molecule has 2 saturated heterocycles. The standard InChI is InChI=1S/C16H31NO2Si/c1-12(19-20(5,6)16(2,3)4)14-13-10-8-7-9-11-17(13)15(14)18/h12-14H,7-11H2,1-6H3/t12-,13-,14-/m1/s1. The second-order valence-electron chi connectivity index (χ2n) is 8.06. The number of fused-ring (bicyclic) bond motifs is 1. The van der Waals surface area contributed by atoms with Crippen molar-refractivity contribution in [1.82, 2.24) is 4.90 Å². The summed E-state index contributed by atoms with van der Waals surface area (Å²) in [6.45, 7) is 14.4. The molecule has 2 aliphatic rings. The molecule has 2 fully saturated rings. The predicted molar refractivity (Wildman–Crippen MR) is 85.2 cm³/mol. The van der Waals surface area contributed by atoms with E-state index in [1.165, 1.54) is 25.7 Å². The van der Waals surface area contributed by atoms with E-state index in [1.807, 2.05) is 0 Å². The number of β-lactam (4-membered cyclic amide) rings is 1. The first-order valence-electron chi connectivity index (χ1n) is 8.13. The van der Waals surface area contributed by atoms with E-state index in [0.29, 0.717) is 11.9 Å². The molecule has 2 rings (SSSR count). The highest BCUT2D eigenvalue weighted by molar-refractivity contribution is 6.74. The minimum absolute atomic E-state index is 0.0720. The third kappa shape index (κ3) is 2.82. The Morgan fingerprint density at radius 2 is 1.90 bits per heavy atom. The smallest absolute Gasteiger partial charge is 0.230 e. The second kappa shape index (κ2) is 5.45. The molecule has 0 radical (unpaired) electrons. The maximum Gasteiger partial charge on any atom is 0.230 e. The number of rotatable bonds is 3. The number of carbonyl (C=O) groups excluding carboxylic acids is 1. The highest BCUT2D eigenvalue weighted by atomic mass is 28.4. The Bertz CT molecular complexity index is 375. The van der Waals surface area contributed by atoms with Gasteiger partial charge in [0.1, 0.15) is 0 Å². The Balaban J connectivity index is 2.03. The van der Waals surface area contributed by atoms with Crippen molar-refractivity contribution in [3.63, 3.8) is 0 Å². The van der Waals surface area contributed by atoms with E-state index in [2.05, 4.69) is 45.7 Å². The van der Waals surface area contributed by atoms with Gasteiger partial charge in [-0.1, -0.05) is 33.6 Å². The van der Waals surface area contributed by atoms with Gasteiger partial charge in [-0.15, -0.1) is 0 Å². The molecule has 0 saturated carbocycles. The van der Waals surface area contributed by atoms with E-state index in [1.54, 1.807) is 0 Å². The van der Waals surface area contributed by atoms with Crippen LogP contribution in [0.1, 0.15) is 53.4 Å². The van der Waals surface area contributed by atoms with Crippen molar-refractivity contribution in [1.29, 1.82) is 0 Å². The van der Waals surface area contributed by atoms with Crippen molar-refractivity contribution in [3.05, 3.63) is 0 Å². The fourth-order valence-electron chi connectivity index (χ4n) is 3.28. The van der Waals surface area contributed by atoms with Crippen LogP contribution in [0.3, 0.4) is 0 Å². The highest BCUT2D eigenvalue weighted by Crippen LogP contribution is 2.41. The van der Waals surface area contributed by atoms with Crippen LogP contribution in [-0.4, -0.2) is 37.8 Å². The molecule has 0 aliphatic carbocycles. The Morgan fingerprint density at radius 1 is 1.25 bits per heavy atom. The molecule has 0 bridgehead atoms. The summed E-state index contributed by atoms with van der Waals surface area (Å²) < 4.78 is 6.46. The predicted octanol–water partition coefficient (Wildman–Crippen LogP) is 3.80. The Morgan fingerprint density at radius 3 is 2.50 bits per heavy atom. The zero-order valence-corrected chi connectivity index (χ0v) is 15.0. The van der Waals surface area contributed by atoms with Crippen LogP contribution in [0.25, 0.3) is 0 Å². The summed E-state index contributed by atoms with van der Waals surface area (Å²) in [5.74, 6) is 0.449. The van der Waals surface area contributed by atoms with Crippen LogP contribution >= 0.6 is 0 Å². The maximum atomic E-state index is 12.4. The zero-order valence-electron chi connectivity index (χ0n) is 14.0. The van der Waals surface area contributed by atoms with Gasteiger partial charge in [-0.3, -0.25) is 4.79 Å². The number of nitrogens with zero attached hydrogens (tertiary/aromatic N) is 1. The lowest BCUT2D eigenvalue weighted by molar-refractivity contribution is -0.162. The molecule has 1 amide bonds. The van der Waals surface area contributed by atoms with Crippen molar-refractivity contribution in [3.8, 4) is 0 Å². The largest absolute Gasteiger partial charge is 0.413 e. The van der Waals surface area contributed by atoms with Crippen molar-refractivity contribution in [2.75, 3.05) is 6.54 Å². The maximum absolute atomic E-state index is 12.4. The van der Waals surface area contributed by atoms with E-state index in [9.17, 15) is 4.79 Å². The van der Waals surface area contributed by atoms with Gasteiger partial charge >= 0.3 is 0 Å². The average Bonchev–Trinajstić information content (AvgIpc) is 2.49. The molecule has 0 aromatic carbocycles. The quantitative estimate of drug-likeness (QED) is 0.586. The van der Waals surface area contributed by atoms with Crippen LogP contribution in [0.2, 0.25) is 18.1 Å². The molecule has 20 heavy (non-hydrogen) atoms. The number of hydrogen-bond donors (Lipinski definition) is 0. The fraction of sp³-hybridized carbons (Fsp3) is 0.938. The molecule has 116 valence electrons. The Labute approximate surface area is 125 Å².